The lowest BCUT2D eigenvalue weighted by Crippen LogP contribution is -2.40. The highest BCUT2D eigenvalue weighted by molar-refractivity contribution is 6.00. The van der Waals surface area contributed by atoms with E-state index in [1.54, 1.807) is 17.0 Å². The molecule has 1 saturated heterocycles. The minimum atomic E-state index is -0.316. The first-order chi connectivity index (χ1) is 11.1. The number of ketones is 1. The van der Waals surface area contributed by atoms with Gasteiger partial charge in [-0.05, 0) is 32.3 Å². The van der Waals surface area contributed by atoms with Gasteiger partial charge < -0.3 is 4.90 Å². The summed E-state index contributed by atoms with van der Waals surface area (Å²) in [6, 6.07) is 1.48. The van der Waals surface area contributed by atoms with E-state index in [1.807, 2.05) is 6.92 Å². The second kappa shape index (κ2) is 6.32. The molecule has 0 bridgehead atoms. The first-order valence-corrected chi connectivity index (χ1v) is 7.87. The van der Waals surface area contributed by atoms with Gasteiger partial charge in [-0.3, -0.25) is 14.7 Å². The van der Waals surface area contributed by atoms with E-state index in [9.17, 15) is 9.59 Å². The van der Waals surface area contributed by atoms with Crippen LogP contribution in [-0.4, -0.2) is 44.4 Å². The van der Waals surface area contributed by atoms with Crippen LogP contribution < -0.4 is 0 Å². The second-order valence-electron chi connectivity index (χ2n) is 5.89. The Morgan fingerprint density at radius 3 is 3.13 bits per heavy atom. The molecule has 6 nitrogen and oxygen atoms in total. The number of pyridine rings is 1. The lowest BCUT2D eigenvalue weighted by atomic mass is 10.0. The van der Waals surface area contributed by atoms with E-state index in [-0.39, 0.29) is 17.7 Å². The van der Waals surface area contributed by atoms with Gasteiger partial charge in [0.15, 0.2) is 11.4 Å². The zero-order valence-electron chi connectivity index (χ0n) is 13.2. The number of amides is 1. The van der Waals surface area contributed by atoms with Crippen LogP contribution in [0.25, 0.3) is 11.0 Å². The summed E-state index contributed by atoms with van der Waals surface area (Å²) in [5, 5.41) is 7.77. The van der Waals surface area contributed by atoms with Crippen LogP contribution in [0.4, 0.5) is 0 Å². The number of H-pyrrole nitrogens is 1. The maximum absolute atomic E-state index is 12.8. The van der Waals surface area contributed by atoms with Crippen molar-refractivity contribution in [3.8, 4) is 0 Å². The maximum atomic E-state index is 12.8. The Morgan fingerprint density at radius 1 is 1.52 bits per heavy atom. The van der Waals surface area contributed by atoms with Crippen molar-refractivity contribution < 1.29 is 9.59 Å². The van der Waals surface area contributed by atoms with E-state index in [0.29, 0.717) is 30.6 Å². The topological polar surface area (TPSA) is 79.0 Å². The van der Waals surface area contributed by atoms with E-state index in [2.05, 4.69) is 21.8 Å². The highest BCUT2D eigenvalue weighted by Crippen LogP contribution is 2.23. The van der Waals surface area contributed by atoms with Gasteiger partial charge in [0, 0.05) is 30.2 Å². The molecule has 1 aliphatic heterocycles. The number of aromatic nitrogens is 3. The number of allylic oxidation sites excluding steroid dienone is 1. The molecule has 1 aliphatic rings. The summed E-state index contributed by atoms with van der Waals surface area (Å²) >= 11 is 0. The van der Waals surface area contributed by atoms with Crippen LogP contribution in [0.5, 0.6) is 0 Å². The minimum absolute atomic E-state index is 0.115. The Morgan fingerprint density at radius 2 is 2.35 bits per heavy atom. The molecule has 1 fully saturated rings. The van der Waals surface area contributed by atoms with Crippen molar-refractivity contribution in [1.82, 2.24) is 20.1 Å². The number of aromatic amines is 1. The van der Waals surface area contributed by atoms with Crippen LogP contribution in [0.2, 0.25) is 0 Å². The zero-order valence-corrected chi connectivity index (χ0v) is 13.2. The fourth-order valence-corrected chi connectivity index (χ4v) is 3.06. The Bertz CT molecular complexity index is 765. The highest BCUT2D eigenvalue weighted by Gasteiger charge is 2.34. The number of aryl methyl sites for hydroxylation is 1. The first-order valence-electron chi connectivity index (χ1n) is 7.87. The molecule has 2 aromatic rings. The average molecular weight is 312 g/mol. The molecule has 0 aromatic carbocycles. The molecule has 3 heterocycles. The van der Waals surface area contributed by atoms with Gasteiger partial charge in [0.2, 0.25) is 0 Å². The summed E-state index contributed by atoms with van der Waals surface area (Å²) in [7, 11) is 0. The molecule has 120 valence electrons. The molecule has 2 aromatic heterocycles. The van der Waals surface area contributed by atoms with Crippen molar-refractivity contribution in [3.63, 3.8) is 0 Å². The fraction of sp³-hybridized carbons (Fsp3) is 0.412. The molecule has 1 N–H and O–H groups in total. The van der Waals surface area contributed by atoms with E-state index in [4.69, 9.17) is 0 Å². The number of rotatable bonds is 5. The predicted octanol–water partition coefficient (Wildman–Crippen LogP) is 2.41. The van der Waals surface area contributed by atoms with Crippen LogP contribution in [-0.2, 0) is 4.79 Å². The summed E-state index contributed by atoms with van der Waals surface area (Å²) in [4.78, 5) is 31.0. The summed E-state index contributed by atoms with van der Waals surface area (Å²) < 4.78 is 0. The molecule has 1 amide bonds. The van der Waals surface area contributed by atoms with Gasteiger partial charge in [0.25, 0.3) is 5.91 Å². The van der Waals surface area contributed by atoms with Crippen molar-refractivity contribution in [2.45, 2.75) is 38.6 Å². The largest absolute Gasteiger partial charge is 0.329 e. The van der Waals surface area contributed by atoms with Gasteiger partial charge >= 0.3 is 0 Å². The average Bonchev–Trinajstić information content (AvgIpc) is 3.19. The first kappa shape index (κ1) is 15.4. The number of nitrogens with one attached hydrogen (secondary N) is 1. The Balaban J connectivity index is 1.83. The lowest BCUT2D eigenvalue weighted by Gasteiger charge is -2.23. The van der Waals surface area contributed by atoms with Crippen molar-refractivity contribution in [2.75, 3.05) is 6.54 Å². The van der Waals surface area contributed by atoms with E-state index >= 15 is 0 Å². The molecule has 0 spiro atoms. The summed E-state index contributed by atoms with van der Waals surface area (Å²) in [5.74, 6) is -0.0151. The third-order valence-corrected chi connectivity index (χ3v) is 4.33. The van der Waals surface area contributed by atoms with Crippen molar-refractivity contribution in [1.29, 1.82) is 0 Å². The van der Waals surface area contributed by atoms with E-state index < -0.39 is 0 Å². The van der Waals surface area contributed by atoms with Crippen molar-refractivity contribution in [2.24, 2.45) is 0 Å². The second-order valence-corrected chi connectivity index (χ2v) is 5.89. The third-order valence-electron chi connectivity index (χ3n) is 4.33. The number of carbonyl (C=O) groups is 2. The quantitative estimate of drug-likeness (QED) is 0.860. The molecule has 23 heavy (non-hydrogen) atoms. The van der Waals surface area contributed by atoms with E-state index in [0.717, 1.165) is 23.9 Å². The Labute approximate surface area is 134 Å². The normalized spacial score (nSPS) is 17.6. The van der Waals surface area contributed by atoms with Crippen LogP contribution in [0.1, 0.15) is 41.7 Å². The third kappa shape index (κ3) is 2.88. The lowest BCUT2D eigenvalue weighted by molar-refractivity contribution is -0.122. The standard InChI is InChI=1S/C17H20N4O2/c1-3-4-7-15(22)14-6-5-8-21(14)17(23)12-9-13-11(2)19-20-16(13)18-10-12/h3,9-10,14H,1,4-8H2,2H3,(H,18,19,20). The maximum Gasteiger partial charge on any atom is 0.256 e. The number of Topliss-reactive ketones (excluding diaryl/α,β-unsaturated/α-hetero) is 1. The van der Waals surface area contributed by atoms with Gasteiger partial charge in [-0.1, -0.05) is 6.08 Å². The van der Waals surface area contributed by atoms with Crippen LogP contribution in [0, 0.1) is 6.92 Å². The van der Waals surface area contributed by atoms with Crippen molar-refractivity contribution >= 4 is 22.7 Å². The molecule has 0 saturated carbocycles. The van der Waals surface area contributed by atoms with Crippen molar-refractivity contribution in [3.05, 3.63) is 36.2 Å². The number of hydrogen-bond acceptors (Lipinski definition) is 4. The molecule has 1 atom stereocenters. The number of hydrogen-bond donors (Lipinski definition) is 1. The number of likely N-dealkylation sites (tertiary alicyclic amines) is 1. The Kier molecular flexibility index (Phi) is 4.23. The summed E-state index contributed by atoms with van der Waals surface area (Å²) in [6.45, 7) is 6.15. The summed E-state index contributed by atoms with van der Waals surface area (Å²) in [5.41, 5.74) is 1.98. The summed E-state index contributed by atoms with van der Waals surface area (Å²) in [6.07, 6.45) is 5.96. The molecular formula is C17H20N4O2. The van der Waals surface area contributed by atoms with Gasteiger partial charge in [0.1, 0.15) is 0 Å². The number of carbonyl (C=O) groups excluding carboxylic acids is 2. The van der Waals surface area contributed by atoms with Crippen LogP contribution in [0.15, 0.2) is 24.9 Å². The predicted molar refractivity (Wildman–Crippen MR) is 87.1 cm³/mol. The molecule has 3 rings (SSSR count). The zero-order chi connectivity index (χ0) is 16.4. The van der Waals surface area contributed by atoms with Gasteiger partial charge in [-0.2, -0.15) is 5.10 Å². The van der Waals surface area contributed by atoms with Crippen LogP contribution in [0.3, 0.4) is 0 Å². The molecule has 0 radical (unpaired) electrons. The van der Waals surface area contributed by atoms with Gasteiger partial charge in [-0.15, -0.1) is 6.58 Å². The SMILES string of the molecule is C=CCCC(=O)C1CCCN1C(=O)c1cnc2n[nH]c(C)c2c1. The molecule has 0 aliphatic carbocycles. The smallest absolute Gasteiger partial charge is 0.256 e. The van der Waals surface area contributed by atoms with Crippen LogP contribution >= 0.6 is 0 Å². The van der Waals surface area contributed by atoms with E-state index in [1.165, 1.54) is 6.20 Å². The Hall–Kier alpha value is -2.50. The fourth-order valence-electron chi connectivity index (χ4n) is 3.06. The molecule has 6 heteroatoms. The monoisotopic (exact) mass is 312 g/mol. The molecular weight excluding hydrogens is 292 g/mol. The molecule has 1 unspecified atom stereocenters. The van der Waals surface area contributed by atoms with Gasteiger partial charge in [-0.25, -0.2) is 4.98 Å². The van der Waals surface area contributed by atoms with Gasteiger partial charge in [0.05, 0.1) is 11.6 Å². The minimum Gasteiger partial charge on any atom is -0.329 e. The number of fused-ring (bicyclic) bond motifs is 1. The highest BCUT2D eigenvalue weighted by atomic mass is 16.2. The number of nitrogens with zero attached hydrogens (tertiary/aromatic N) is 3.